The van der Waals surface area contributed by atoms with Gasteiger partial charge in [-0.05, 0) is 48.2 Å². The minimum absolute atomic E-state index is 0.233. The molecule has 2 rings (SSSR count). The van der Waals surface area contributed by atoms with Crippen LogP contribution in [0.4, 0.5) is 5.69 Å². The van der Waals surface area contributed by atoms with Gasteiger partial charge in [-0.25, -0.2) is 4.79 Å². The number of aliphatic carboxylic acids is 1. The fraction of sp³-hybridized carbons (Fsp3) is 0.519. The fourth-order valence-electron chi connectivity index (χ4n) is 4.02. The summed E-state index contributed by atoms with van der Waals surface area (Å²) >= 11 is 0. The van der Waals surface area contributed by atoms with Crippen LogP contribution in [0.3, 0.4) is 0 Å². The second-order valence-electron chi connectivity index (χ2n) is 8.99. The Morgan fingerprint density at radius 1 is 0.794 bits per heavy atom. The fourth-order valence-corrected chi connectivity index (χ4v) is 4.50. The highest BCUT2D eigenvalue weighted by molar-refractivity contribution is 7.85. The van der Waals surface area contributed by atoms with Crippen LogP contribution in [-0.2, 0) is 27.8 Å². The highest BCUT2D eigenvalue weighted by Gasteiger charge is 2.18. The van der Waals surface area contributed by atoms with Gasteiger partial charge < -0.3 is 10.4 Å². The Morgan fingerprint density at radius 2 is 1.29 bits per heavy atom. The molecule has 0 fully saturated rings. The molecule has 0 aromatic heterocycles. The summed E-state index contributed by atoms with van der Waals surface area (Å²) in [6, 6.07) is 12.6. The number of carboxylic acids is 1. The quantitative estimate of drug-likeness (QED) is 0.173. The maximum atomic E-state index is 11.7. The summed E-state index contributed by atoms with van der Waals surface area (Å²) in [6.45, 7) is 2.25. The number of hydrogen-bond acceptors (Lipinski definition) is 4. The van der Waals surface area contributed by atoms with Crippen molar-refractivity contribution in [2.45, 2.75) is 94.9 Å². The van der Waals surface area contributed by atoms with Crippen LogP contribution in [-0.4, -0.2) is 30.1 Å². The summed E-state index contributed by atoms with van der Waals surface area (Å²) in [5.74, 6) is -0.992. The largest absolute Gasteiger partial charge is 0.480 e. The van der Waals surface area contributed by atoms with Gasteiger partial charge in [-0.2, -0.15) is 8.42 Å². The SMILES string of the molecule is CCCCCCCCCCCCc1ccc(C[C@H](Nc2ccc(S(=O)(=O)O)cc2)C(=O)O)cc1. The molecule has 0 saturated heterocycles. The van der Waals surface area contributed by atoms with Crippen LogP contribution in [0.5, 0.6) is 0 Å². The topological polar surface area (TPSA) is 104 Å². The Hall–Kier alpha value is -2.38. The molecule has 2 aromatic rings. The molecule has 0 unspecified atom stereocenters. The van der Waals surface area contributed by atoms with Gasteiger partial charge in [-0.15, -0.1) is 0 Å². The maximum absolute atomic E-state index is 11.7. The number of benzene rings is 2. The van der Waals surface area contributed by atoms with E-state index in [-0.39, 0.29) is 4.90 Å². The minimum Gasteiger partial charge on any atom is -0.480 e. The van der Waals surface area contributed by atoms with Gasteiger partial charge in [0.05, 0.1) is 4.90 Å². The molecule has 0 saturated carbocycles. The molecule has 6 nitrogen and oxygen atoms in total. The average Bonchev–Trinajstić information content (AvgIpc) is 2.80. The van der Waals surface area contributed by atoms with Crippen LogP contribution in [0.2, 0.25) is 0 Å². The van der Waals surface area contributed by atoms with E-state index < -0.39 is 22.1 Å². The first-order valence-electron chi connectivity index (χ1n) is 12.4. The van der Waals surface area contributed by atoms with Crippen LogP contribution in [0, 0.1) is 0 Å². The van der Waals surface area contributed by atoms with E-state index in [4.69, 9.17) is 4.55 Å². The Morgan fingerprint density at radius 3 is 1.79 bits per heavy atom. The van der Waals surface area contributed by atoms with Crippen molar-refractivity contribution in [1.82, 2.24) is 0 Å². The van der Waals surface area contributed by atoms with Crippen LogP contribution in [0.1, 0.15) is 82.3 Å². The Balaban J connectivity index is 1.73. The number of nitrogens with one attached hydrogen (secondary N) is 1. The predicted octanol–water partition coefficient (Wildman–Crippen LogP) is 6.50. The van der Waals surface area contributed by atoms with Crippen molar-refractivity contribution >= 4 is 21.8 Å². The van der Waals surface area contributed by atoms with E-state index in [2.05, 4.69) is 24.4 Å². The Labute approximate surface area is 204 Å². The molecule has 3 N–H and O–H groups in total. The molecule has 0 amide bonds. The van der Waals surface area contributed by atoms with Crippen molar-refractivity contribution in [3.05, 3.63) is 59.7 Å². The summed E-state index contributed by atoms with van der Waals surface area (Å²) in [5.41, 5.74) is 2.66. The zero-order valence-electron chi connectivity index (χ0n) is 20.2. The molecule has 34 heavy (non-hydrogen) atoms. The summed E-state index contributed by atoms with van der Waals surface area (Å²) in [5, 5.41) is 12.5. The van der Waals surface area contributed by atoms with E-state index in [9.17, 15) is 18.3 Å². The van der Waals surface area contributed by atoms with Gasteiger partial charge in [0.2, 0.25) is 0 Å². The normalized spacial score (nSPS) is 12.4. The lowest BCUT2D eigenvalue weighted by Gasteiger charge is -2.16. The molecule has 2 aromatic carbocycles. The summed E-state index contributed by atoms with van der Waals surface area (Å²) in [7, 11) is -4.28. The zero-order chi connectivity index (χ0) is 24.8. The molecule has 0 aliphatic carbocycles. The number of carbonyl (C=O) groups is 1. The van der Waals surface area contributed by atoms with Crippen LogP contribution in [0.25, 0.3) is 0 Å². The third-order valence-corrected chi connectivity index (χ3v) is 6.94. The van der Waals surface area contributed by atoms with E-state index in [1.807, 2.05) is 12.1 Å². The second-order valence-corrected chi connectivity index (χ2v) is 10.4. The van der Waals surface area contributed by atoms with Gasteiger partial charge >= 0.3 is 5.97 Å². The molecule has 0 aliphatic rings. The third kappa shape index (κ3) is 10.7. The smallest absolute Gasteiger partial charge is 0.326 e. The molecule has 188 valence electrons. The molecule has 7 heteroatoms. The second kappa shape index (κ2) is 14.8. The van der Waals surface area contributed by atoms with Crippen LogP contribution in [0.15, 0.2) is 53.4 Å². The van der Waals surface area contributed by atoms with Crippen LogP contribution >= 0.6 is 0 Å². The highest BCUT2D eigenvalue weighted by Crippen LogP contribution is 2.17. The van der Waals surface area contributed by atoms with Crippen molar-refractivity contribution in [2.75, 3.05) is 5.32 Å². The van der Waals surface area contributed by atoms with Crippen molar-refractivity contribution < 1.29 is 22.9 Å². The minimum atomic E-state index is -4.28. The molecule has 0 bridgehead atoms. The van der Waals surface area contributed by atoms with Gasteiger partial charge in [0, 0.05) is 12.1 Å². The lowest BCUT2D eigenvalue weighted by molar-refractivity contribution is -0.137. The molecule has 0 aliphatic heterocycles. The Kier molecular flexibility index (Phi) is 12.1. The molecular weight excluding hydrogens is 450 g/mol. The van der Waals surface area contributed by atoms with Crippen molar-refractivity contribution in [2.24, 2.45) is 0 Å². The van der Waals surface area contributed by atoms with Gasteiger partial charge in [0.25, 0.3) is 10.1 Å². The maximum Gasteiger partial charge on any atom is 0.326 e. The van der Waals surface area contributed by atoms with Crippen molar-refractivity contribution in [3.8, 4) is 0 Å². The average molecular weight is 490 g/mol. The first-order valence-corrected chi connectivity index (χ1v) is 13.9. The van der Waals surface area contributed by atoms with Crippen molar-refractivity contribution in [3.63, 3.8) is 0 Å². The molecule has 1 atom stereocenters. The number of rotatable bonds is 17. The van der Waals surface area contributed by atoms with E-state index in [1.165, 1.54) is 94.0 Å². The van der Waals surface area contributed by atoms with Gasteiger partial charge in [-0.1, -0.05) is 89.0 Å². The van der Waals surface area contributed by atoms with Crippen molar-refractivity contribution in [1.29, 1.82) is 0 Å². The third-order valence-electron chi connectivity index (χ3n) is 6.07. The van der Waals surface area contributed by atoms with E-state index in [1.54, 1.807) is 0 Å². The predicted molar refractivity (Wildman–Crippen MR) is 137 cm³/mol. The van der Waals surface area contributed by atoms with Gasteiger partial charge in [0.1, 0.15) is 6.04 Å². The molecule has 0 heterocycles. The first-order chi connectivity index (χ1) is 16.3. The van der Waals surface area contributed by atoms with Crippen LogP contribution < -0.4 is 5.32 Å². The number of aryl methyl sites for hydroxylation is 1. The zero-order valence-corrected chi connectivity index (χ0v) is 21.0. The van der Waals surface area contributed by atoms with E-state index >= 15 is 0 Å². The lowest BCUT2D eigenvalue weighted by Crippen LogP contribution is -2.31. The summed E-state index contributed by atoms with van der Waals surface area (Å²) < 4.78 is 31.4. The highest BCUT2D eigenvalue weighted by atomic mass is 32.2. The summed E-state index contributed by atoms with van der Waals surface area (Å²) in [6.07, 6.45) is 14.5. The first kappa shape index (κ1) is 27.9. The summed E-state index contributed by atoms with van der Waals surface area (Å²) in [4.78, 5) is 11.5. The standard InChI is InChI=1S/C27H39NO5S/c1-2-3-4-5-6-7-8-9-10-11-12-22-13-15-23(16-14-22)21-26(27(29)30)28-24-17-19-25(20-18-24)34(31,32)33/h13-20,26,28H,2-12,21H2,1H3,(H,29,30)(H,31,32,33)/t26-/m0/s1. The van der Waals surface area contributed by atoms with Gasteiger partial charge in [-0.3, -0.25) is 4.55 Å². The molecular formula is C27H39NO5S. The Bertz CT molecular complexity index is 956. The van der Waals surface area contributed by atoms with E-state index in [0.29, 0.717) is 12.1 Å². The number of anilines is 1. The number of unbranched alkanes of at least 4 members (excludes halogenated alkanes) is 9. The lowest BCUT2D eigenvalue weighted by atomic mass is 10.0. The number of carboxylic acid groups (broad SMARTS) is 1. The molecule has 0 radical (unpaired) electrons. The number of hydrogen-bond donors (Lipinski definition) is 3. The van der Waals surface area contributed by atoms with Gasteiger partial charge in [0.15, 0.2) is 0 Å². The molecule has 0 spiro atoms. The van der Waals surface area contributed by atoms with E-state index in [0.717, 1.165) is 12.0 Å². The monoisotopic (exact) mass is 489 g/mol.